The molecular formula is C22H21FN2O2. The van der Waals surface area contributed by atoms with E-state index in [0.717, 1.165) is 24.0 Å². The fourth-order valence-electron chi connectivity index (χ4n) is 3.22. The van der Waals surface area contributed by atoms with Gasteiger partial charge in [-0.05, 0) is 61.1 Å². The molecule has 0 radical (unpaired) electrons. The molecule has 1 heterocycles. The van der Waals surface area contributed by atoms with Gasteiger partial charge >= 0.3 is 0 Å². The standard InChI is InChI=1S/C22H21FN2O2/c1-2-5-21(26)25-13-4-7-18(15-25)22(27)24-20-11-9-16(10-12-20)17-6-3-8-19(23)14-17/h3,6,8-12,14,18H,4,7,13,15H2,1H3,(H,24,27)/t18-/m1/s1. The number of hydrogen-bond acceptors (Lipinski definition) is 2. The number of hydrogen-bond donors (Lipinski definition) is 1. The monoisotopic (exact) mass is 364 g/mol. The second-order valence-corrected chi connectivity index (χ2v) is 6.54. The average molecular weight is 364 g/mol. The van der Waals surface area contributed by atoms with Crippen molar-refractivity contribution in [2.75, 3.05) is 18.4 Å². The van der Waals surface area contributed by atoms with E-state index in [9.17, 15) is 14.0 Å². The smallest absolute Gasteiger partial charge is 0.298 e. The Morgan fingerprint density at radius 2 is 1.93 bits per heavy atom. The first kappa shape index (κ1) is 18.7. The van der Waals surface area contributed by atoms with E-state index in [4.69, 9.17) is 0 Å². The van der Waals surface area contributed by atoms with Gasteiger partial charge in [-0.3, -0.25) is 9.59 Å². The maximum atomic E-state index is 13.4. The fourth-order valence-corrected chi connectivity index (χ4v) is 3.22. The topological polar surface area (TPSA) is 49.4 Å². The third kappa shape index (κ3) is 4.73. The maximum absolute atomic E-state index is 13.4. The van der Waals surface area contributed by atoms with Crippen molar-refractivity contribution in [1.82, 2.24) is 4.90 Å². The van der Waals surface area contributed by atoms with E-state index in [1.54, 1.807) is 30.0 Å². The highest BCUT2D eigenvalue weighted by molar-refractivity contribution is 5.96. The van der Waals surface area contributed by atoms with Crippen LogP contribution in [0.3, 0.4) is 0 Å². The first-order valence-corrected chi connectivity index (χ1v) is 8.95. The van der Waals surface area contributed by atoms with Crippen molar-refractivity contribution in [3.63, 3.8) is 0 Å². The molecule has 1 aliphatic rings. The van der Waals surface area contributed by atoms with Crippen molar-refractivity contribution in [2.24, 2.45) is 5.92 Å². The molecule has 1 N–H and O–H groups in total. The molecule has 0 unspecified atom stereocenters. The van der Waals surface area contributed by atoms with Crippen molar-refractivity contribution in [3.05, 3.63) is 54.3 Å². The van der Waals surface area contributed by atoms with Crippen LogP contribution in [-0.4, -0.2) is 29.8 Å². The Bertz CT molecular complexity index is 897. The van der Waals surface area contributed by atoms with Gasteiger partial charge in [0.05, 0.1) is 5.92 Å². The molecule has 4 nitrogen and oxygen atoms in total. The molecule has 2 aromatic carbocycles. The fraction of sp³-hybridized carbons (Fsp3) is 0.273. The molecule has 1 fully saturated rings. The SMILES string of the molecule is CC#CC(=O)N1CCC[C@@H](C(=O)Nc2ccc(-c3cccc(F)c3)cc2)C1. The lowest BCUT2D eigenvalue weighted by Crippen LogP contribution is -2.43. The minimum absolute atomic E-state index is 0.101. The number of nitrogens with one attached hydrogen (secondary N) is 1. The van der Waals surface area contributed by atoms with Gasteiger partial charge in [-0.25, -0.2) is 4.39 Å². The Kier molecular flexibility index (Phi) is 5.87. The molecule has 138 valence electrons. The largest absolute Gasteiger partial charge is 0.331 e. The number of carbonyl (C=O) groups is 2. The molecule has 1 atom stereocenters. The van der Waals surface area contributed by atoms with Crippen LogP contribution in [0.2, 0.25) is 0 Å². The van der Waals surface area contributed by atoms with Gasteiger partial charge in [0.15, 0.2) is 0 Å². The second kappa shape index (κ2) is 8.50. The zero-order valence-corrected chi connectivity index (χ0v) is 15.2. The van der Waals surface area contributed by atoms with Gasteiger partial charge < -0.3 is 10.2 Å². The number of amides is 2. The van der Waals surface area contributed by atoms with Crippen LogP contribution in [0.25, 0.3) is 11.1 Å². The molecule has 1 aliphatic heterocycles. The van der Waals surface area contributed by atoms with E-state index in [1.165, 1.54) is 12.1 Å². The first-order chi connectivity index (χ1) is 13.1. The van der Waals surface area contributed by atoms with Crippen molar-refractivity contribution in [2.45, 2.75) is 19.8 Å². The lowest BCUT2D eigenvalue weighted by atomic mass is 9.97. The predicted molar refractivity (Wildman–Crippen MR) is 103 cm³/mol. The summed E-state index contributed by atoms with van der Waals surface area (Å²) in [7, 11) is 0. The summed E-state index contributed by atoms with van der Waals surface area (Å²) in [6.45, 7) is 2.65. The molecule has 3 rings (SSSR count). The maximum Gasteiger partial charge on any atom is 0.298 e. The molecule has 2 amide bonds. The molecule has 1 saturated heterocycles. The van der Waals surface area contributed by atoms with Crippen LogP contribution in [-0.2, 0) is 9.59 Å². The highest BCUT2D eigenvalue weighted by Crippen LogP contribution is 2.23. The number of nitrogens with zero attached hydrogens (tertiary/aromatic N) is 1. The molecule has 0 saturated carbocycles. The quantitative estimate of drug-likeness (QED) is 0.845. The second-order valence-electron chi connectivity index (χ2n) is 6.54. The third-order valence-electron chi connectivity index (χ3n) is 4.62. The lowest BCUT2D eigenvalue weighted by molar-refractivity contribution is -0.129. The molecule has 0 spiro atoms. The Morgan fingerprint density at radius 1 is 1.15 bits per heavy atom. The number of benzene rings is 2. The van der Waals surface area contributed by atoms with E-state index >= 15 is 0 Å². The summed E-state index contributed by atoms with van der Waals surface area (Å²) in [5.41, 5.74) is 2.34. The van der Waals surface area contributed by atoms with Crippen molar-refractivity contribution in [1.29, 1.82) is 0 Å². The van der Waals surface area contributed by atoms with E-state index in [0.29, 0.717) is 18.8 Å². The lowest BCUT2D eigenvalue weighted by Gasteiger charge is -2.30. The van der Waals surface area contributed by atoms with E-state index < -0.39 is 0 Å². The minimum Gasteiger partial charge on any atom is -0.331 e. The van der Waals surface area contributed by atoms with E-state index in [1.807, 2.05) is 18.2 Å². The van der Waals surface area contributed by atoms with Gasteiger partial charge in [-0.2, -0.15) is 0 Å². The molecule has 5 heteroatoms. The van der Waals surface area contributed by atoms with Gasteiger partial charge in [-0.15, -0.1) is 0 Å². The third-order valence-corrected chi connectivity index (χ3v) is 4.62. The minimum atomic E-state index is -0.283. The molecule has 0 bridgehead atoms. The van der Waals surface area contributed by atoms with Crippen LogP contribution >= 0.6 is 0 Å². The van der Waals surface area contributed by atoms with E-state index in [-0.39, 0.29) is 23.5 Å². The summed E-state index contributed by atoms with van der Waals surface area (Å²) in [5, 5.41) is 2.91. The predicted octanol–water partition coefficient (Wildman–Crippen LogP) is 3.69. The normalized spacial score (nSPS) is 16.2. The summed E-state index contributed by atoms with van der Waals surface area (Å²) in [6.07, 6.45) is 1.53. The summed E-state index contributed by atoms with van der Waals surface area (Å²) >= 11 is 0. The van der Waals surface area contributed by atoms with Crippen molar-refractivity contribution in [3.8, 4) is 23.0 Å². The van der Waals surface area contributed by atoms with Crippen LogP contribution in [0.5, 0.6) is 0 Å². The van der Waals surface area contributed by atoms with Crippen LogP contribution in [0.15, 0.2) is 48.5 Å². The number of carbonyl (C=O) groups excluding carboxylic acids is 2. The van der Waals surface area contributed by atoms with E-state index in [2.05, 4.69) is 17.2 Å². The zero-order valence-electron chi connectivity index (χ0n) is 15.2. The van der Waals surface area contributed by atoms with Crippen LogP contribution in [0, 0.1) is 23.6 Å². The summed E-state index contributed by atoms with van der Waals surface area (Å²) in [5.74, 6) is 4.28. The number of rotatable bonds is 3. The van der Waals surface area contributed by atoms with Crippen molar-refractivity contribution >= 4 is 17.5 Å². The Balaban J connectivity index is 1.63. The average Bonchev–Trinajstić information content (AvgIpc) is 2.69. The molecule has 27 heavy (non-hydrogen) atoms. The van der Waals surface area contributed by atoms with Gasteiger partial charge in [0.1, 0.15) is 5.82 Å². The molecular weight excluding hydrogens is 343 g/mol. The number of halogens is 1. The van der Waals surface area contributed by atoms with Crippen molar-refractivity contribution < 1.29 is 14.0 Å². The van der Waals surface area contributed by atoms with Crippen LogP contribution in [0.4, 0.5) is 10.1 Å². The summed E-state index contributed by atoms with van der Waals surface area (Å²) < 4.78 is 13.4. The van der Waals surface area contributed by atoms with Crippen LogP contribution < -0.4 is 5.32 Å². The van der Waals surface area contributed by atoms with Gasteiger partial charge in [-0.1, -0.05) is 30.2 Å². The zero-order chi connectivity index (χ0) is 19.2. The van der Waals surface area contributed by atoms with Crippen LogP contribution in [0.1, 0.15) is 19.8 Å². The molecule has 0 aromatic heterocycles. The van der Waals surface area contributed by atoms with Gasteiger partial charge in [0, 0.05) is 18.8 Å². The summed E-state index contributed by atoms with van der Waals surface area (Å²) in [4.78, 5) is 26.1. The Morgan fingerprint density at radius 3 is 2.63 bits per heavy atom. The molecule has 0 aliphatic carbocycles. The first-order valence-electron chi connectivity index (χ1n) is 8.95. The number of likely N-dealkylation sites (tertiary alicyclic amines) is 1. The number of anilines is 1. The Labute approximate surface area is 158 Å². The molecule has 2 aromatic rings. The van der Waals surface area contributed by atoms with Gasteiger partial charge in [0.25, 0.3) is 5.91 Å². The highest BCUT2D eigenvalue weighted by Gasteiger charge is 2.27. The Hall–Kier alpha value is -3.13. The summed E-state index contributed by atoms with van der Waals surface area (Å²) in [6, 6.07) is 13.7. The number of piperidine rings is 1. The van der Waals surface area contributed by atoms with Gasteiger partial charge in [0.2, 0.25) is 5.91 Å². The highest BCUT2D eigenvalue weighted by atomic mass is 19.1.